The van der Waals surface area contributed by atoms with Gasteiger partial charge in [-0.15, -0.1) is 11.8 Å². The van der Waals surface area contributed by atoms with E-state index in [1.807, 2.05) is 0 Å². The number of hydrogen-bond acceptors (Lipinski definition) is 3. The van der Waals surface area contributed by atoms with Crippen LogP contribution in [0.4, 0.5) is 5.69 Å². The van der Waals surface area contributed by atoms with Crippen molar-refractivity contribution in [3.8, 4) is 0 Å². The van der Waals surface area contributed by atoms with Gasteiger partial charge in [0.15, 0.2) is 0 Å². The lowest BCUT2D eigenvalue weighted by Crippen LogP contribution is -2.37. The van der Waals surface area contributed by atoms with E-state index in [0.29, 0.717) is 0 Å². The van der Waals surface area contributed by atoms with Crippen LogP contribution in [0, 0.1) is 27.7 Å². The van der Waals surface area contributed by atoms with Crippen molar-refractivity contribution in [2.45, 2.75) is 33.7 Å². The monoisotopic (exact) mass is 264 g/mol. The molecule has 0 aliphatic carbocycles. The number of nitrogens with one attached hydrogen (secondary N) is 2. The van der Waals surface area contributed by atoms with Gasteiger partial charge in [-0.3, -0.25) is 10.1 Å². The van der Waals surface area contributed by atoms with Gasteiger partial charge in [0.1, 0.15) is 0 Å². The van der Waals surface area contributed by atoms with Gasteiger partial charge in [-0.2, -0.15) is 0 Å². The Hall–Kier alpha value is -1.00. The highest BCUT2D eigenvalue weighted by molar-refractivity contribution is 7.99. The van der Waals surface area contributed by atoms with Crippen LogP contribution < -0.4 is 10.6 Å². The van der Waals surface area contributed by atoms with Crippen LogP contribution in [0.25, 0.3) is 0 Å². The maximum Gasteiger partial charge on any atom is 0.242 e. The van der Waals surface area contributed by atoms with Gasteiger partial charge in [-0.25, -0.2) is 0 Å². The number of thioether (sulfide) groups is 1. The Morgan fingerprint density at radius 2 is 1.89 bits per heavy atom. The predicted molar refractivity (Wildman–Crippen MR) is 78.3 cm³/mol. The first kappa shape index (κ1) is 13.4. The van der Waals surface area contributed by atoms with E-state index in [9.17, 15) is 4.79 Å². The van der Waals surface area contributed by atoms with Crippen molar-refractivity contribution >= 4 is 23.4 Å². The highest BCUT2D eigenvalue weighted by atomic mass is 32.2. The molecule has 18 heavy (non-hydrogen) atoms. The van der Waals surface area contributed by atoms with E-state index in [0.717, 1.165) is 28.4 Å². The van der Waals surface area contributed by atoms with E-state index < -0.39 is 0 Å². The zero-order chi connectivity index (χ0) is 13.3. The normalized spacial score (nSPS) is 19.0. The van der Waals surface area contributed by atoms with Crippen LogP contribution in [0.5, 0.6) is 0 Å². The topological polar surface area (TPSA) is 41.1 Å². The third-order valence-corrected chi connectivity index (χ3v) is 4.59. The summed E-state index contributed by atoms with van der Waals surface area (Å²) in [5.74, 6) is 1.80. The summed E-state index contributed by atoms with van der Waals surface area (Å²) < 4.78 is 0. The van der Waals surface area contributed by atoms with Gasteiger partial charge in [-0.1, -0.05) is 6.07 Å². The number of carbonyl (C=O) groups excluding carboxylic acids is 1. The second-order valence-corrected chi connectivity index (χ2v) is 5.93. The standard InChI is InChI=1S/C14H20N2OS/c1-8-5-9(2)11(4)13(10(8)3)16-14(17)12-6-18-7-15-12/h5,12,15H,6-7H2,1-4H3,(H,16,17). The van der Waals surface area contributed by atoms with E-state index >= 15 is 0 Å². The van der Waals surface area contributed by atoms with Crippen molar-refractivity contribution in [3.63, 3.8) is 0 Å². The maximum absolute atomic E-state index is 12.2. The van der Waals surface area contributed by atoms with Crippen LogP contribution in [-0.2, 0) is 4.79 Å². The van der Waals surface area contributed by atoms with Gasteiger partial charge in [0.25, 0.3) is 0 Å². The van der Waals surface area contributed by atoms with Crippen molar-refractivity contribution < 1.29 is 4.79 Å². The molecule has 1 fully saturated rings. The quantitative estimate of drug-likeness (QED) is 0.862. The van der Waals surface area contributed by atoms with Crippen LogP contribution in [0.2, 0.25) is 0 Å². The fourth-order valence-corrected chi connectivity index (χ4v) is 3.12. The van der Waals surface area contributed by atoms with Crippen molar-refractivity contribution in [2.75, 3.05) is 16.9 Å². The third kappa shape index (κ3) is 2.54. The summed E-state index contributed by atoms with van der Waals surface area (Å²) in [5, 5.41) is 6.28. The molecule has 0 radical (unpaired) electrons. The summed E-state index contributed by atoms with van der Waals surface area (Å²) in [6.07, 6.45) is 0. The summed E-state index contributed by atoms with van der Waals surface area (Å²) in [6.45, 7) is 8.30. The van der Waals surface area contributed by atoms with Crippen molar-refractivity contribution in [3.05, 3.63) is 28.3 Å². The molecule has 2 rings (SSSR count). The number of hydrogen-bond donors (Lipinski definition) is 2. The average molecular weight is 264 g/mol. The van der Waals surface area contributed by atoms with Gasteiger partial charge >= 0.3 is 0 Å². The van der Waals surface area contributed by atoms with E-state index in [4.69, 9.17) is 0 Å². The zero-order valence-electron chi connectivity index (χ0n) is 11.4. The molecule has 2 N–H and O–H groups in total. The predicted octanol–water partition coefficient (Wildman–Crippen LogP) is 2.52. The van der Waals surface area contributed by atoms with E-state index in [1.165, 1.54) is 11.1 Å². The fourth-order valence-electron chi connectivity index (χ4n) is 2.18. The molecule has 98 valence electrons. The molecule has 1 atom stereocenters. The van der Waals surface area contributed by atoms with Gasteiger partial charge < -0.3 is 5.32 Å². The third-order valence-electron chi connectivity index (χ3n) is 3.65. The lowest BCUT2D eigenvalue weighted by atomic mass is 9.98. The minimum absolute atomic E-state index is 0.0605. The first-order valence-electron chi connectivity index (χ1n) is 6.20. The molecule has 1 aliphatic rings. The molecular formula is C14H20N2OS. The maximum atomic E-state index is 12.2. The molecule has 1 heterocycles. The Morgan fingerprint density at radius 3 is 2.39 bits per heavy atom. The Bertz CT molecular complexity index is 453. The molecule has 4 heteroatoms. The molecule has 1 unspecified atom stereocenters. The zero-order valence-corrected chi connectivity index (χ0v) is 12.2. The van der Waals surface area contributed by atoms with E-state index in [-0.39, 0.29) is 11.9 Å². The Kier molecular flexibility index (Phi) is 3.97. The first-order valence-corrected chi connectivity index (χ1v) is 7.35. The minimum Gasteiger partial charge on any atom is -0.324 e. The fraction of sp³-hybridized carbons (Fsp3) is 0.500. The summed E-state index contributed by atoms with van der Waals surface area (Å²) in [4.78, 5) is 12.2. The average Bonchev–Trinajstić information content (AvgIpc) is 2.85. The number of benzene rings is 1. The van der Waals surface area contributed by atoms with Gasteiger partial charge in [-0.05, 0) is 49.9 Å². The van der Waals surface area contributed by atoms with Crippen molar-refractivity contribution in [1.29, 1.82) is 0 Å². The van der Waals surface area contributed by atoms with Crippen molar-refractivity contribution in [2.24, 2.45) is 0 Å². The van der Waals surface area contributed by atoms with Crippen LogP contribution in [0.3, 0.4) is 0 Å². The second-order valence-electron chi connectivity index (χ2n) is 4.90. The number of rotatable bonds is 2. The molecule has 1 aliphatic heterocycles. The molecule has 0 aromatic heterocycles. The first-order chi connectivity index (χ1) is 8.50. The smallest absolute Gasteiger partial charge is 0.242 e. The highest BCUT2D eigenvalue weighted by Crippen LogP contribution is 2.27. The molecule has 1 aromatic rings. The molecule has 3 nitrogen and oxygen atoms in total. The van der Waals surface area contributed by atoms with Gasteiger partial charge in [0.05, 0.1) is 6.04 Å². The van der Waals surface area contributed by atoms with Crippen LogP contribution in [-0.4, -0.2) is 23.6 Å². The highest BCUT2D eigenvalue weighted by Gasteiger charge is 2.23. The number of carbonyl (C=O) groups is 1. The van der Waals surface area contributed by atoms with Crippen LogP contribution in [0.15, 0.2) is 6.07 Å². The molecule has 1 saturated heterocycles. The molecule has 0 bridgehead atoms. The SMILES string of the molecule is Cc1cc(C)c(C)c(NC(=O)C2CSCN2)c1C. The largest absolute Gasteiger partial charge is 0.324 e. The van der Waals surface area contributed by atoms with Gasteiger partial charge in [0, 0.05) is 17.3 Å². The molecule has 1 amide bonds. The van der Waals surface area contributed by atoms with Crippen LogP contribution >= 0.6 is 11.8 Å². The van der Waals surface area contributed by atoms with Gasteiger partial charge in [0.2, 0.25) is 5.91 Å². The summed E-state index contributed by atoms with van der Waals surface area (Å²) in [7, 11) is 0. The number of amides is 1. The summed E-state index contributed by atoms with van der Waals surface area (Å²) >= 11 is 1.76. The van der Waals surface area contributed by atoms with Crippen LogP contribution in [0.1, 0.15) is 22.3 Å². The number of anilines is 1. The second kappa shape index (κ2) is 5.33. The Labute approximate surface area is 113 Å². The Morgan fingerprint density at radius 1 is 1.28 bits per heavy atom. The van der Waals surface area contributed by atoms with Crippen molar-refractivity contribution in [1.82, 2.24) is 5.32 Å². The summed E-state index contributed by atoms with van der Waals surface area (Å²) in [5.41, 5.74) is 5.76. The molecule has 0 saturated carbocycles. The lowest BCUT2D eigenvalue weighted by molar-refractivity contribution is -0.117. The van der Waals surface area contributed by atoms with E-state index in [2.05, 4.69) is 44.4 Å². The van der Waals surface area contributed by atoms with E-state index in [1.54, 1.807) is 11.8 Å². The molecule has 0 spiro atoms. The summed E-state index contributed by atoms with van der Waals surface area (Å²) in [6, 6.07) is 2.11. The molecular weight excluding hydrogens is 244 g/mol. The number of aryl methyl sites for hydroxylation is 2. The lowest BCUT2D eigenvalue weighted by Gasteiger charge is -2.18. The minimum atomic E-state index is -0.0605. The molecule has 1 aromatic carbocycles. The Balaban J connectivity index is 2.25.